The highest BCUT2D eigenvalue weighted by Crippen LogP contribution is 2.18. The SMILES string of the molecule is CCOc1ccc(NC(=O)c2ccc(NC(=O)c3ccc(-n4cccn4)cc3)cc2)cc1. The first-order valence-corrected chi connectivity index (χ1v) is 10.2. The van der Waals surface area contributed by atoms with Crippen LogP contribution in [0.25, 0.3) is 5.69 Å². The van der Waals surface area contributed by atoms with Gasteiger partial charge in [0, 0.05) is 34.9 Å². The Morgan fingerprint density at radius 2 is 1.34 bits per heavy atom. The number of carbonyl (C=O) groups is 2. The lowest BCUT2D eigenvalue weighted by molar-refractivity contribution is 0.102. The molecule has 2 amide bonds. The van der Waals surface area contributed by atoms with Crippen LogP contribution in [0.1, 0.15) is 27.6 Å². The van der Waals surface area contributed by atoms with Gasteiger partial charge < -0.3 is 15.4 Å². The van der Waals surface area contributed by atoms with Gasteiger partial charge in [0.05, 0.1) is 12.3 Å². The summed E-state index contributed by atoms with van der Waals surface area (Å²) in [6.07, 6.45) is 3.53. The van der Waals surface area contributed by atoms with E-state index in [0.29, 0.717) is 29.1 Å². The van der Waals surface area contributed by atoms with Crippen LogP contribution in [0.4, 0.5) is 11.4 Å². The minimum atomic E-state index is -0.235. The lowest BCUT2D eigenvalue weighted by Crippen LogP contribution is -2.13. The summed E-state index contributed by atoms with van der Waals surface area (Å²) in [5.41, 5.74) is 3.16. The van der Waals surface area contributed by atoms with E-state index in [2.05, 4.69) is 15.7 Å². The minimum Gasteiger partial charge on any atom is -0.494 e. The van der Waals surface area contributed by atoms with Crippen LogP contribution >= 0.6 is 0 Å². The van der Waals surface area contributed by atoms with Gasteiger partial charge in [0.15, 0.2) is 0 Å². The molecule has 160 valence electrons. The quantitative estimate of drug-likeness (QED) is 0.446. The van der Waals surface area contributed by atoms with Crippen LogP contribution in [0.5, 0.6) is 5.75 Å². The van der Waals surface area contributed by atoms with Crippen LogP contribution in [0.2, 0.25) is 0 Å². The predicted molar refractivity (Wildman–Crippen MR) is 124 cm³/mol. The van der Waals surface area contributed by atoms with Crippen LogP contribution in [-0.4, -0.2) is 28.2 Å². The van der Waals surface area contributed by atoms with E-state index in [0.717, 1.165) is 11.4 Å². The molecule has 0 radical (unpaired) electrons. The topological polar surface area (TPSA) is 85.3 Å². The van der Waals surface area contributed by atoms with E-state index >= 15 is 0 Å². The van der Waals surface area contributed by atoms with Gasteiger partial charge in [-0.25, -0.2) is 4.68 Å². The molecular formula is C25H22N4O3. The lowest BCUT2D eigenvalue weighted by atomic mass is 10.1. The molecule has 0 atom stereocenters. The third-order valence-corrected chi connectivity index (χ3v) is 4.73. The number of hydrogen-bond donors (Lipinski definition) is 2. The van der Waals surface area contributed by atoms with Crippen LogP contribution in [-0.2, 0) is 0 Å². The standard InChI is InChI=1S/C25H22N4O3/c1-2-32-23-14-10-21(11-15-23)28-24(30)18-4-8-20(9-5-18)27-25(31)19-6-12-22(13-7-19)29-17-3-16-26-29/h3-17H,2H2,1H3,(H,27,31)(H,28,30). The number of benzene rings is 3. The molecule has 0 saturated carbocycles. The number of rotatable bonds is 7. The van der Waals surface area contributed by atoms with Gasteiger partial charge in [0.2, 0.25) is 0 Å². The van der Waals surface area contributed by atoms with Gasteiger partial charge >= 0.3 is 0 Å². The Labute approximate surface area is 185 Å². The molecule has 0 bridgehead atoms. The van der Waals surface area contributed by atoms with E-state index in [1.54, 1.807) is 71.5 Å². The summed E-state index contributed by atoms with van der Waals surface area (Å²) < 4.78 is 7.12. The molecule has 2 N–H and O–H groups in total. The molecular weight excluding hydrogens is 404 g/mol. The Morgan fingerprint density at radius 3 is 1.84 bits per heavy atom. The Morgan fingerprint density at radius 1 is 0.812 bits per heavy atom. The van der Waals surface area contributed by atoms with Crippen molar-refractivity contribution in [3.8, 4) is 11.4 Å². The zero-order valence-electron chi connectivity index (χ0n) is 17.5. The number of nitrogens with zero attached hydrogens (tertiary/aromatic N) is 2. The molecule has 0 aliphatic rings. The Bertz CT molecular complexity index is 1180. The maximum Gasteiger partial charge on any atom is 0.255 e. The highest BCUT2D eigenvalue weighted by Gasteiger charge is 2.09. The summed E-state index contributed by atoms with van der Waals surface area (Å²) in [5, 5.41) is 9.85. The summed E-state index contributed by atoms with van der Waals surface area (Å²) in [6, 6.07) is 22.9. The summed E-state index contributed by atoms with van der Waals surface area (Å²) in [4.78, 5) is 25.0. The van der Waals surface area contributed by atoms with Crippen LogP contribution in [0.15, 0.2) is 91.3 Å². The predicted octanol–water partition coefficient (Wildman–Crippen LogP) is 4.78. The third kappa shape index (κ3) is 5.02. The van der Waals surface area contributed by atoms with Crippen molar-refractivity contribution in [2.75, 3.05) is 17.2 Å². The van der Waals surface area contributed by atoms with Gasteiger partial charge in [-0.2, -0.15) is 5.10 Å². The minimum absolute atomic E-state index is 0.233. The Balaban J connectivity index is 1.35. The first-order chi connectivity index (χ1) is 15.6. The maximum atomic E-state index is 12.5. The van der Waals surface area contributed by atoms with Gasteiger partial charge in [-0.3, -0.25) is 9.59 Å². The largest absolute Gasteiger partial charge is 0.494 e. The number of anilines is 2. The zero-order chi connectivity index (χ0) is 22.3. The average molecular weight is 426 g/mol. The highest BCUT2D eigenvalue weighted by molar-refractivity contribution is 6.06. The van der Waals surface area contributed by atoms with Gasteiger partial charge in [0.25, 0.3) is 11.8 Å². The molecule has 1 aromatic heterocycles. The van der Waals surface area contributed by atoms with Crippen molar-refractivity contribution in [2.45, 2.75) is 6.92 Å². The number of amides is 2. The molecule has 3 aromatic carbocycles. The molecule has 32 heavy (non-hydrogen) atoms. The number of hydrogen-bond acceptors (Lipinski definition) is 4. The van der Waals surface area contributed by atoms with Gasteiger partial charge in [-0.1, -0.05) is 0 Å². The second-order valence-corrected chi connectivity index (χ2v) is 6.94. The summed E-state index contributed by atoms with van der Waals surface area (Å²) in [7, 11) is 0. The second-order valence-electron chi connectivity index (χ2n) is 6.94. The third-order valence-electron chi connectivity index (χ3n) is 4.73. The van der Waals surface area contributed by atoms with Crippen LogP contribution in [0, 0.1) is 0 Å². The van der Waals surface area contributed by atoms with Gasteiger partial charge in [-0.05, 0) is 85.8 Å². The van der Waals surface area contributed by atoms with E-state index in [-0.39, 0.29) is 11.8 Å². The first-order valence-electron chi connectivity index (χ1n) is 10.2. The van der Waals surface area contributed by atoms with E-state index in [1.165, 1.54) is 0 Å². The van der Waals surface area contributed by atoms with Crippen LogP contribution < -0.4 is 15.4 Å². The number of nitrogens with one attached hydrogen (secondary N) is 2. The average Bonchev–Trinajstić information content (AvgIpc) is 3.36. The van der Waals surface area contributed by atoms with Crippen molar-refractivity contribution in [3.63, 3.8) is 0 Å². The van der Waals surface area contributed by atoms with Crippen molar-refractivity contribution in [1.29, 1.82) is 0 Å². The molecule has 0 aliphatic carbocycles. The molecule has 0 saturated heterocycles. The zero-order valence-corrected chi connectivity index (χ0v) is 17.5. The highest BCUT2D eigenvalue weighted by atomic mass is 16.5. The monoisotopic (exact) mass is 426 g/mol. The normalized spacial score (nSPS) is 10.4. The second kappa shape index (κ2) is 9.61. The fourth-order valence-corrected chi connectivity index (χ4v) is 3.10. The van der Waals surface area contributed by atoms with Crippen molar-refractivity contribution in [1.82, 2.24) is 9.78 Å². The molecule has 7 nitrogen and oxygen atoms in total. The number of ether oxygens (including phenoxy) is 1. The lowest BCUT2D eigenvalue weighted by Gasteiger charge is -2.09. The smallest absolute Gasteiger partial charge is 0.255 e. The Kier molecular flexibility index (Phi) is 6.27. The summed E-state index contributed by atoms with van der Waals surface area (Å²) >= 11 is 0. The number of carbonyl (C=O) groups excluding carboxylic acids is 2. The molecule has 4 rings (SSSR count). The van der Waals surface area contributed by atoms with Crippen LogP contribution in [0.3, 0.4) is 0 Å². The molecule has 0 aliphatic heterocycles. The maximum absolute atomic E-state index is 12.5. The molecule has 7 heteroatoms. The molecule has 0 unspecified atom stereocenters. The van der Waals surface area contributed by atoms with Crippen molar-refractivity contribution >= 4 is 23.2 Å². The number of aromatic nitrogens is 2. The summed E-state index contributed by atoms with van der Waals surface area (Å²) in [6.45, 7) is 2.51. The van der Waals surface area contributed by atoms with Gasteiger partial charge in [-0.15, -0.1) is 0 Å². The molecule has 4 aromatic rings. The van der Waals surface area contributed by atoms with E-state index in [1.807, 2.05) is 31.3 Å². The van der Waals surface area contributed by atoms with E-state index in [9.17, 15) is 9.59 Å². The fraction of sp³-hybridized carbons (Fsp3) is 0.0800. The molecule has 0 spiro atoms. The van der Waals surface area contributed by atoms with Gasteiger partial charge in [0.1, 0.15) is 5.75 Å². The van der Waals surface area contributed by atoms with E-state index < -0.39 is 0 Å². The van der Waals surface area contributed by atoms with Crippen molar-refractivity contribution in [3.05, 3.63) is 102 Å². The molecule has 0 fully saturated rings. The first kappa shape index (κ1) is 20.9. The summed E-state index contributed by atoms with van der Waals surface area (Å²) in [5.74, 6) is 0.284. The Hall–Kier alpha value is -4.39. The van der Waals surface area contributed by atoms with Crippen molar-refractivity contribution in [2.24, 2.45) is 0 Å². The van der Waals surface area contributed by atoms with E-state index in [4.69, 9.17) is 4.74 Å². The molecule has 1 heterocycles. The van der Waals surface area contributed by atoms with Crippen molar-refractivity contribution < 1.29 is 14.3 Å². The fourth-order valence-electron chi connectivity index (χ4n) is 3.10.